The monoisotopic (exact) mass is 450 g/mol. The summed E-state index contributed by atoms with van der Waals surface area (Å²) in [5, 5.41) is 7.01. The van der Waals surface area contributed by atoms with Crippen molar-refractivity contribution in [2.24, 2.45) is 4.99 Å². The molecule has 2 aliphatic heterocycles. The van der Waals surface area contributed by atoms with Gasteiger partial charge in [0.15, 0.2) is 0 Å². The summed E-state index contributed by atoms with van der Waals surface area (Å²) in [4.78, 5) is 4.99. The van der Waals surface area contributed by atoms with E-state index in [-0.39, 0.29) is 10.6 Å². The molecule has 1 saturated heterocycles. The predicted octanol–water partition coefficient (Wildman–Crippen LogP) is 2.79. The van der Waals surface area contributed by atoms with Crippen LogP contribution in [0.5, 0.6) is 0 Å². The lowest BCUT2D eigenvalue weighted by molar-refractivity contribution is 0.241. The van der Waals surface area contributed by atoms with Crippen LogP contribution in [0.3, 0.4) is 0 Å². The molecule has 0 aromatic heterocycles. The Morgan fingerprint density at radius 2 is 1.90 bits per heavy atom. The Balaban J connectivity index is 1.45. The minimum atomic E-state index is -3.50. The number of nitrogens with zero attached hydrogens (tertiary/aromatic N) is 2. The number of hydrogen-bond acceptors (Lipinski definition) is 5. The molecule has 2 heterocycles. The first-order chi connectivity index (χ1) is 14.4. The van der Waals surface area contributed by atoms with Crippen molar-refractivity contribution in [3.8, 4) is 0 Å². The topological polar surface area (TPSA) is 73.8 Å². The number of sulfonamides is 1. The van der Waals surface area contributed by atoms with E-state index in [1.807, 2.05) is 0 Å². The van der Waals surface area contributed by atoms with Crippen molar-refractivity contribution in [1.82, 2.24) is 14.9 Å². The van der Waals surface area contributed by atoms with Crippen molar-refractivity contribution in [3.63, 3.8) is 0 Å². The fourth-order valence-electron chi connectivity index (χ4n) is 4.02. The smallest absolute Gasteiger partial charge is 0.243 e. The minimum Gasteiger partial charge on any atom is -0.368 e. The number of piperidine rings is 1. The lowest BCUT2D eigenvalue weighted by atomic mass is 9.85. The van der Waals surface area contributed by atoms with Gasteiger partial charge in [0.1, 0.15) is 11.7 Å². The zero-order valence-electron chi connectivity index (χ0n) is 16.4. The Hall–Kier alpha value is -2.00. The van der Waals surface area contributed by atoms with Crippen molar-refractivity contribution in [2.75, 3.05) is 26.2 Å². The molecule has 1 spiro atoms. The van der Waals surface area contributed by atoms with E-state index in [4.69, 9.17) is 11.6 Å². The van der Waals surface area contributed by atoms with Crippen LogP contribution < -0.4 is 10.6 Å². The molecule has 2 aromatic carbocycles. The number of halogens is 2. The highest BCUT2D eigenvalue weighted by atomic mass is 35.5. The van der Waals surface area contributed by atoms with Crippen molar-refractivity contribution in [1.29, 1.82) is 0 Å². The highest BCUT2D eigenvalue weighted by Crippen LogP contribution is 2.29. The molecular weight excluding hydrogens is 427 g/mol. The third kappa shape index (κ3) is 4.23. The zero-order chi connectivity index (χ0) is 21.2. The van der Waals surface area contributed by atoms with Gasteiger partial charge in [0.05, 0.1) is 22.0 Å². The summed E-state index contributed by atoms with van der Waals surface area (Å²) in [6, 6.07) is 13.2. The number of rotatable bonds is 4. The summed E-state index contributed by atoms with van der Waals surface area (Å²) in [5.41, 5.74) is 0.471. The third-order valence-corrected chi connectivity index (χ3v) is 7.90. The van der Waals surface area contributed by atoms with E-state index in [2.05, 4.69) is 15.6 Å². The Kier molecular flexibility index (Phi) is 6.11. The van der Waals surface area contributed by atoms with Gasteiger partial charge in [0.2, 0.25) is 10.0 Å². The van der Waals surface area contributed by atoms with Crippen molar-refractivity contribution in [3.05, 3.63) is 64.9 Å². The summed E-state index contributed by atoms with van der Waals surface area (Å²) in [7, 11) is -3.50. The number of amidine groups is 1. The largest absolute Gasteiger partial charge is 0.368 e. The van der Waals surface area contributed by atoms with E-state index < -0.39 is 15.8 Å². The zero-order valence-corrected chi connectivity index (χ0v) is 18.0. The molecule has 6 nitrogen and oxygen atoms in total. The molecule has 1 fully saturated rings. The third-order valence-electron chi connectivity index (χ3n) is 5.70. The maximum atomic E-state index is 13.4. The molecule has 0 amide bonds. The average molecular weight is 451 g/mol. The van der Waals surface area contributed by atoms with Gasteiger partial charge in [-0.05, 0) is 42.7 Å². The number of nitrogens with one attached hydrogen (secondary N) is 2. The van der Waals surface area contributed by atoms with Gasteiger partial charge in [-0.1, -0.05) is 35.9 Å². The Morgan fingerprint density at radius 1 is 1.17 bits per heavy atom. The van der Waals surface area contributed by atoms with Gasteiger partial charge < -0.3 is 10.6 Å². The Bertz CT molecular complexity index is 1040. The molecule has 4 rings (SSSR count). The van der Waals surface area contributed by atoms with Gasteiger partial charge in [-0.3, -0.25) is 4.99 Å². The first-order valence-electron chi connectivity index (χ1n) is 9.94. The van der Waals surface area contributed by atoms with Gasteiger partial charge in [-0.2, -0.15) is 4.31 Å². The van der Waals surface area contributed by atoms with Gasteiger partial charge in [-0.15, -0.1) is 0 Å². The van der Waals surface area contributed by atoms with Crippen molar-refractivity contribution >= 4 is 27.5 Å². The van der Waals surface area contributed by atoms with E-state index in [1.165, 1.54) is 6.07 Å². The van der Waals surface area contributed by atoms with Crippen molar-refractivity contribution in [2.45, 2.75) is 29.8 Å². The molecule has 0 bridgehead atoms. The molecule has 0 radical (unpaired) electrons. The van der Waals surface area contributed by atoms with Gasteiger partial charge in [0, 0.05) is 26.2 Å². The standard InChI is InChI=1S/C21H24ClFN4O2S/c22-18-14-16(6-7-19(18)23)15-25-20-21(26-11-10-24-20)8-12-27(13-9-21)30(28,29)17-4-2-1-3-5-17/h1-7,14,26H,8-13,15H2,(H,24,25). The second kappa shape index (κ2) is 8.63. The highest BCUT2D eigenvalue weighted by molar-refractivity contribution is 7.89. The average Bonchev–Trinajstić information content (AvgIpc) is 2.76. The Labute approximate surface area is 181 Å². The summed E-state index contributed by atoms with van der Waals surface area (Å²) >= 11 is 5.88. The molecule has 0 saturated carbocycles. The van der Waals surface area contributed by atoms with Gasteiger partial charge in [0.25, 0.3) is 0 Å². The van der Waals surface area contributed by atoms with Crippen LogP contribution in [0.4, 0.5) is 4.39 Å². The van der Waals surface area contributed by atoms with E-state index >= 15 is 0 Å². The molecule has 2 aromatic rings. The molecular formula is C21H24ClFN4O2S. The summed E-state index contributed by atoms with van der Waals surface area (Å²) in [5.74, 6) is 0.381. The van der Waals surface area contributed by atoms with Crippen LogP contribution in [0.25, 0.3) is 0 Å². The van der Waals surface area contributed by atoms with Crippen LogP contribution in [-0.2, 0) is 16.6 Å². The van der Waals surface area contributed by atoms with Crippen LogP contribution in [0.15, 0.2) is 58.4 Å². The lowest BCUT2D eigenvalue weighted by Gasteiger charge is -2.44. The summed E-state index contributed by atoms with van der Waals surface area (Å²) in [6.07, 6.45) is 1.24. The maximum absolute atomic E-state index is 13.4. The van der Waals surface area contributed by atoms with Gasteiger partial charge in [-0.25, -0.2) is 12.8 Å². The molecule has 9 heteroatoms. The van der Waals surface area contributed by atoms with Crippen LogP contribution in [0.1, 0.15) is 18.4 Å². The van der Waals surface area contributed by atoms with Crippen LogP contribution >= 0.6 is 11.6 Å². The second-order valence-corrected chi connectivity index (χ2v) is 9.90. The number of aliphatic imine (C=N–C) groups is 1. The first kappa shape index (κ1) is 21.2. The minimum absolute atomic E-state index is 0.0900. The lowest BCUT2D eigenvalue weighted by Crippen LogP contribution is -2.64. The molecule has 160 valence electrons. The van der Waals surface area contributed by atoms with Crippen LogP contribution in [0, 0.1) is 5.82 Å². The van der Waals surface area contributed by atoms with Gasteiger partial charge >= 0.3 is 0 Å². The highest BCUT2D eigenvalue weighted by Gasteiger charge is 2.43. The first-order valence-corrected chi connectivity index (χ1v) is 11.8. The summed E-state index contributed by atoms with van der Waals surface area (Å²) in [6.45, 7) is 2.69. The number of benzene rings is 2. The normalized spacial score (nSPS) is 19.5. The molecule has 2 aliphatic rings. The molecule has 0 atom stereocenters. The Morgan fingerprint density at radius 3 is 2.60 bits per heavy atom. The quantitative estimate of drug-likeness (QED) is 0.751. The fourth-order valence-corrected chi connectivity index (χ4v) is 5.69. The van der Waals surface area contributed by atoms with E-state index in [0.717, 1.165) is 17.9 Å². The summed E-state index contributed by atoms with van der Waals surface area (Å²) < 4.78 is 40.8. The van der Waals surface area contributed by atoms with Crippen LogP contribution in [-0.4, -0.2) is 50.3 Å². The van der Waals surface area contributed by atoms with Crippen LogP contribution in [0.2, 0.25) is 5.02 Å². The SMILES string of the molecule is O=S(=O)(c1ccccc1)N1CCC2(CC1)NCCN=C2NCc1ccc(F)c(Cl)c1. The van der Waals surface area contributed by atoms with Crippen molar-refractivity contribution < 1.29 is 12.8 Å². The molecule has 2 N–H and O–H groups in total. The number of hydrogen-bond donors (Lipinski definition) is 2. The fraction of sp³-hybridized carbons (Fsp3) is 0.381. The molecule has 0 unspecified atom stereocenters. The van der Waals surface area contributed by atoms with E-state index in [9.17, 15) is 12.8 Å². The van der Waals surface area contributed by atoms with E-state index in [0.29, 0.717) is 43.9 Å². The molecule has 0 aliphatic carbocycles. The second-order valence-electron chi connectivity index (χ2n) is 7.56. The predicted molar refractivity (Wildman–Crippen MR) is 116 cm³/mol. The maximum Gasteiger partial charge on any atom is 0.243 e. The van der Waals surface area contributed by atoms with E-state index in [1.54, 1.807) is 46.8 Å². The molecule has 30 heavy (non-hydrogen) atoms.